The Hall–Kier alpha value is -3.22. The van der Waals surface area contributed by atoms with Gasteiger partial charge in [0, 0.05) is 47.6 Å². The second-order valence-electron chi connectivity index (χ2n) is 10.4. The lowest BCUT2D eigenvalue weighted by Crippen LogP contribution is -2.40. The molecule has 5 rings (SSSR count). The molecule has 2 aromatic carbocycles. The fourth-order valence-electron chi connectivity index (χ4n) is 5.49. The van der Waals surface area contributed by atoms with Gasteiger partial charge in [0.1, 0.15) is 0 Å². The molecule has 1 N–H and O–H groups in total. The Labute approximate surface area is 230 Å². The van der Waals surface area contributed by atoms with E-state index in [1.165, 1.54) is 24.8 Å². The quantitative estimate of drug-likeness (QED) is 0.303. The molecular weight excluding hydrogens is 494 g/mol. The highest BCUT2D eigenvalue weighted by Crippen LogP contribution is 2.24. The van der Waals surface area contributed by atoms with Gasteiger partial charge in [0.25, 0.3) is 0 Å². The van der Waals surface area contributed by atoms with E-state index < -0.39 is 0 Å². The number of aryl methyl sites for hydroxylation is 2. The zero-order chi connectivity index (χ0) is 26.5. The van der Waals surface area contributed by atoms with Gasteiger partial charge in [-0.15, -0.1) is 0 Å². The molecule has 0 radical (unpaired) electrons. The third-order valence-corrected chi connectivity index (χ3v) is 7.98. The summed E-state index contributed by atoms with van der Waals surface area (Å²) in [4.78, 5) is 19.9. The monoisotopic (exact) mass is 529 g/mol. The van der Waals surface area contributed by atoms with Crippen LogP contribution in [-0.4, -0.2) is 51.6 Å². The first-order chi connectivity index (χ1) is 18.5. The van der Waals surface area contributed by atoms with Crippen molar-refractivity contribution < 1.29 is 4.79 Å². The van der Waals surface area contributed by atoms with Crippen molar-refractivity contribution in [2.45, 2.75) is 46.0 Å². The van der Waals surface area contributed by atoms with Crippen molar-refractivity contribution in [2.24, 2.45) is 5.92 Å². The lowest BCUT2D eigenvalue weighted by Gasteiger charge is -2.32. The number of halogens is 1. The minimum atomic E-state index is 0.0881. The van der Waals surface area contributed by atoms with Crippen LogP contribution in [0.25, 0.3) is 16.9 Å². The molecular formula is C31H36ClN5O. The van der Waals surface area contributed by atoms with Gasteiger partial charge in [0.15, 0.2) is 5.65 Å². The molecule has 1 aliphatic heterocycles. The maximum Gasteiger partial charge on any atom is 0.220 e. The standard InChI is InChI=1S/C31H36ClN5O/c1-22-28(23(2)37-30(34-22)21-29(35-37)26-8-10-27(32)11-9-26)12-13-31(38)33-16-19-36-17-14-25(15-18-36)20-24-6-4-3-5-7-24/h3-11,21,25H,12-20H2,1-2H3,(H,33,38). The molecule has 0 saturated carbocycles. The average molecular weight is 530 g/mol. The highest BCUT2D eigenvalue weighted by atomic mass is 35.5. The highest BCUT2D eigenvalue weighted by molar-refractivity contribution is 6.30. The summed E-state index contributed by atoms with van der Waals surface area (Å²) in [6.07, 6.45) is 4.71. The summed E-state index contributed by atoms with van der Waals surface area (Å²) in [5, 5.41) is 8.60. The van der Waals surface area contributed by atoms with E-state index in [0.29, 0.717) is 24.4 Å². The Bertz CT molecular complexity index is 1380. The number of fused-ring (bicyclic) bond motifs is 1. The Morgan fingerprint density at radius 2 is 1.79 bits per heavy atom. The Balaban J connectivity index is 1.09. The topological polar surface area (TPSA) is 62.5 Å². The van der Waals surface area contributed by atoms with Crippen LogP contribution in [0.2, 0.25) is 5.02 Å². The first-order valence-corrected chi connectivity index (χ1v) is 14.0. The van der Waals surface area contributed by atoms with Crippen LogP contribution in [0.4, 0.5) is 0 Å². The van der Waals surface area contributed by atoms with Crippen LogP contribution in [0.15, 0.2) is 60.7 Å². The zero-order valence-electron chi connectivity index (χ0n) is 22.3. The molecule has 1 aliphatic rings. The largest absolute Gasteiger partial charge is 0.355 e. The van der Waals surface area contributed by atoms with E-state index in [0.717, 1.165) is 59.4 Å². The number of piperidine rings is 1. The second-order valence-corrected chi connectivity index (χ2v) is 10.8. The van der Waals surface area contributed by atoms with Gasteiger partial charge in [-0.3, -0.25) is 4.79 Å². The van der Waals surface area contributed by atoms with Crippen molar-refractivity contribution in [3.8, 4) is 11.3 Å². The number of hydrogen-bond acceptors (Lipinski definition) is 4. The summed E-state index contributed by atoms with van der Waals surface area (Å²) in [5.41, 5.74) is 7.16. The molecule has 0 spiro atoms. The van der Waals surface area contributed by atoms with Crippen molar-refractivity contribution in [3.05, 3.63) is 88.2 Å². The lowest BCUT2D eigenvalue weighted by atomic mass is 9.90. The van der Waals surface area contributed by atoms with Crippen molar-refractivity contribution in [1.82, 2.24) is 24.8 Å². The van der Waals surface area contributed by atoms with Gasteiger partial charge in [0.05, 0.1) is 5.69 Å². The first kappa shape index (κ1) is 26.4. The Morgan fingerprint density at radius 1 is 1.05 bits per heavy atom. The number of aromatic nitrogens is 3. The maximum absolute atomic E-state index is 12.6. The molecule has 198 valence electrons. The van der Waals surface area contributed by atoms with Gasteiger partial charge in [-0.25, -0.2) is 9.50 Å². The van der Waals surface area contributed by atoms with Crippen LogP contribution in [0.3, 0.4) is 0 Å². The second kappa shape index (κ2) is 12.1. The average Bonchev–Trinajstić information content (AvgIpc) is 3.35. The first-order valence-electron chi connectivity index (χ1n) is 13.6. The number of carbonyl (C=O) groups excluding carboxylic acids is 1. The lowest BCUT2D eigenvalue weighted by molar-refractivity contribution is -0.121. The van der Waals surface area contributed by atoms with Gasteiger partial charge < -0.3 is 10.2 Å². The predicted molar refractivity (Wildman–Crippen MR) is 154 cm³/mol. The molecule has 38 heavy (non-hydrogen) atoms. The van der Waals surface area contributed by atoms with Crippen LogP contribution < -0.4 is 5.32 Å². The van der Waals surface area contributed by atoms with E-state index in [9.17, 15) is 4.79 Å². The van der Waals surface area contributed by atoms with Crippen molar-refractivity contribution in [3.63, 3.8) is 0 Å². The van der Waals surface area contributed by atoms with E-state index >= 15 is 0 Å². The number of benzene rings is 2. The molecule has 7 heteroatoms. The van der Waals surface area contributed by atoms with E-state index in [1.54, 1.807) is 0 Å². The zero-order valence-corrected chi connectivity index (χ0v) is 23.0. The van der Waals surface area contributed by atoms with Gasteiger partial charge >= 0.3 is 0 Å². The number of carbonyl (C=O) groups is 1. The molecule has 0 unspecified atom stereocenters. The fourth-order valence-corrected chi connectivity index (χ4v) is 5.62. The van der Waals surface area contributed by atoms with E-state index in [2.05, 4.69) is 47.5 Å². The number of hydrogen-bond donors (Lipinski definition) is 1. The summed E-state index contributed by atoms with van der Waals surface area (Å²) in [5.74, 6) is 0.850. The van der Waals surface area contributed by atoms with Crippen molar-refractivity contribution in [2.75, 3.05) is 26.2 Å². The molecule has 0 bridgehead atoms. The molecule has 3 heterocycles. The van der Waals surface area contributed by atoms with Crippen molar-refractivity contribution in [1.29, 1.82) is 0 Å². The van der Waals surface area contributed by atoms with Gasteiger partial charge in [-0.2, -0.15) is 5.10 Å². The van der Waals surface area contributed by atoms with Crippen molar-refractivity contribution >= 4 is 23.2 Å². The molecule has 4 aromatic rings. The molecule has 1 fully saturated rings. The van der Waals surface area contributed by atoms with Gasteiger partial charge in [-0.05, 0) is 81.8 Å². The number of nitrogens with one attached hydrogen (secondary N) is 1. The SMILES string of the molecule is Cc1nc2cc(-c3ccc(Cl)cc3)nn2c(C)c1CCC(=O)NCCN1CCC(Cc2ccccc2)CC1. The third-order valence-electron chi connectivity index (χ3n) is 7.73. The summed E-state index contributed by atoms with van der Waals surface area (Å²) < 4.78 is 1.88. The normalized spacial score (nSPS) is 14.7. The highest BCUT2D eigenvalue weighted by Gasteiger charge is 2.19. The van der Waals surface area contributed by atoms with Crippen LogP contribution in [0.5, 0.6) is 0 Å². The summed E-state index contributed by atoms with van der Waals surface area (Å²) in [7, 11) is 0. The van der Waals surface area contributed by atoms with Crippen LogP contribution in [0.1, 0.15) is 41.8 Å². The molecule has 0 aliphatic carbocycles. The van der Waals surface area contributed by atoms with Gasteiger partial charge in [0.2, 0.25) is 5.91 Å². The summed E-state index contributed by atoms with van der Waals surface area (Å²) >= 11 is 6.03. The molecule has 6 nitrogen and oxygen atoms in total. The number of likely N-dealkylation sites (tertiary alicyclic amines) is 1. The molecule has 1 amide bonds. The molecule has 1 saturated heterocycles. The van der Waals surface area contributed by atoms with E-state index in [4.69, 9.17) is 21.7 Å². The smallest absolute Gasteiger partial charge is 0.220 e. The number of amides is 1. The molecule has 2 aromatic heterocycles. The van der Waals surface area contributed by atoms with E-state index in [1.807, 2.05) is 41.8 Å². The van der Waals surface area contributed by atoms with Gasteiger partial charge in [-0.1, -0.05) is 54.1 Å². The van der Waals surface area contributed by atoms with Crippen LogP contribution in [-0.2, 0) is 17.6 Å². The summed E-state index contributed by atoms with van der Waals surface area (Å²) in [6.45, 7) is 7.89. The molecule has 0 atom stereocenters. The number of rotatable bonds is 9. The summed E-state index contributed by atoms with van der Waals surface area (Å²) in [6, 6.07) is 20.4. The van der Waals surface area contributed by atoms with Crippen LogP contribution >= 0.6 is 11.6 Å². The number of nitrogens with zero attached hydrogens (tertiary/aromatic N) is 4. The van der Waals surface area contributed by atoms with E-state index in [-0.39, 0.29) is 5.91 Å². The van der Waals surface area contributed by atoms with Crippen LogP contribution in [0, 0.1) is 19.8 Å². The Kier molecular flexibility index (Phi) is 8.40. The maximum atomic E-state index is 12.6. The fraction of sp³-hybridized carbons (Fsp3) is 0.387. The third kappa shape index (κ3) is 6.43. The minimum absolute atomic E-state index is 0.0881. The predicted octanol–water partition coefficient (Wildman–Crippen LogP) is 5.67. The minimum Gasteiger partial charge on any atom is -0.355 e. The Morgan fingerprint density at radius 3 is 2.53 bits per heavy atom.